The van der Waals surface area contributed by atoms with Crippen LogP contribution in [0.5, 0.6) is 0 Å². The predicted octanol–water partition coefficient (Wildman–Crippen LogP) is 2.10. The minimum absolute atomic E-state index is 0.457. The molecular weight excluding hydrogens is 246 g/mol. The van der Waals surface area contributed by atoms with Crippen molar-refractivity contribution in [2.24, 2.45) is 0 Å². The molecule has 0 aliphatic rings. The number of carboxylic acids is 1. The van der Waals surface area contributed by atoms with E-state index in [2.05, 4.69) is 15.2 Å². The van der Waals surface area contributed by atoms with E-state index in [1.807, 2.05) is 17.5 Å². The van der Waals surface area contributed by atoms with Gasteiger partial charge >= 0.3 is 5.97 Å². The summed E-state index contributed by atoms with van der Waals surface area (Å²) < 4.78 is 0. The number of hydrogen-bond donors (Lipinski definition) is 2. The molecule has 0 bridgehead atoms. The lowest BCUT2D eigenvalue weighted by Crippen LogP contribution is -2.11. The van der Waals surface area contributed by atoms with E-state index in [1.165, 1.54) is 0 Å². The Balaban J connectivity index is 2.11. The molecule has 0 spiro atoms. The van der Waals surface area contributed by atoms with E-state index in [-0.39, 0.29) is 0 Å². The molecule has 0 fully saturated rings. The monoisotopic (exact) mass is 255 g/mol. The Morgan fingerprint density at radius 3 is 3.12 bits per heavy atom. The normalized spacial score (nSPS) is 12.6. The Kier molecular flexibility index (Phi) is 3.25. The molecule has 1 atom stereocenters. The molecule has 2 aromatic heterocycles. The van der Waals surface area contributed by atoms with Crippen molar-refractivity contribution in [3.63, 3.8) is 0 Å². The molecule has 1 unspecified atom stereocenters. The predicted molar refractivity (Wildman–Crippen MR) is 62.7 cm³/mol. The van der Waals surface area contributed by atoms with Gasteiger partial charge in [-0.15, -0.1) is 16.4 Å². The van der Waals surface area contributed by atoms with Crippen LogP contribution in [0.3, 0.4) is 0 Å². The summed E-state index contributed by atoms with van der Waals surface area (Å²) in [4.78, 5) is 15.9. The molecular formula is C9H9N3O2S2. The standard InChI is InChI=1S/C9H9N3O2S2/c1-5(8(13)14)16-9-10-7(11-12-9)6-3-2-4-15-6/h2-5H,1H3,(H,13,14)(H,10,11,12). The Labute approximate surface area is 99.9 Å². The summed E-state index contributed by atoms with van der Waals surface area (Å²) >= 11 is 2.68. The first-order valence-electron chi connectivity index (χ1n) is 4.52. The molecule has 2 heterocycles. The second kappa shape index (κ2) is 4.67. The highest BCUT2D eigenvalue weighted by atomic mass is 32.2. The fourth-order valence-electron chi connectivity index (χ4n) is 1.03. The third-order valence-electron chi connectivity index (χ3n) is 1.85. The zero-order valence-corrected chi connectivity index (χ0v) is 10.0. The maximum atomic E-state index is 10.7. The smallest absolute Gasteiger partial charge is 0.316 e. The van der Waals surface area contributed by atoms with Crippen LogP contribution in [0.25, 0.3) is 10.7 Å². The molecule has 0 aliphatic carbocycles. The van der Waals surface area contributed by atoms with Crippen molar-refractivity contribution in [2.75, 3.05) is 0 Å². The maximum absolute atomic E-state index is 10.7. The van der Waals surface area contributed by atoms with Crippen molar-refractivity contribution in [1.29, 1.82) is 0 Å². The van der Waals surface area contributed by atoms with Gasteiger partial charge in [0.2, 0.25) is 5.16 Å². The number of thioether (sulfide) groups is 1. The highest BCUT2D eigenvalue weighted by Gasteiger charge is 2.16. The number of aliphatic carboxylic acids is 1. The number of thiophene rings is 1. The first-order valence-corrected chi connectivity index (χ1v) is 6.28. The zero-order chi connectivity index (χ0) is 11.5. The molecule has 0 amide bonds. The van der Waals surface area contributed by atoms with Crippen LogP contribution < -0.4 is 0 Å². The number of hydrogen-bond acceptors (Lipinski definition) is 5. The third kappa shape index (κ3) is 2.42. The number of rotatable bonds is 4. The lowest BCUT2D eigenvalue weighted by Gasteiger charge is -1.99. The minimum Gasteiger partial charge on any atom is -0.480 e. The van der Waals surface area contributed by atoms with Crippen LogP contribution in [0.15, 0.2) is 22.7 Å². The van der Waals surface area contributed by atoms with Crippen molar-refractivity contribution in [3.05, 3.63) is 17.5 Å². The van der Waals surface area contributed by atoms with Crippen molar-refractivity contribution >= 4 is 29.1 Å². The molecule has 7 heteroatoms. The lowest BCUT2D eigenvalue weighted by molar-refractivity contribution is -0.136. The summed E-state index contributed by atoms with van der Waals surface area (Å²) in [6.45, 7) is 1.61. The summed E-state index contributed by atoms with van der Waals surface area (Å²) in [7, 11) is 0. The second-order valence-electron chi connectivity index (χ2n) is 3.04. The molecule has 0 aliphatic heterocycles. The fraction of sp³-hybridized carbons (Fsp3) is 0.222. The van der Waals surface area contributed by atoms with Crippen LogP contribution in [0, 0.1) is 0 Å². The number of aromatic amines is 1. The molecule has 5 nitrogen and oxygen atoms in total. The van der Waals surface area contributed by atoms with Gasteiger partial charge in [0.1, 0.15) is 5.25 Å². The fourth-order valence-corrected chi connectivity index (χ4v) is 2.35. The van der Waals surface area contributed by atoms with E-state index in [1.54, 1.807) is 18.3 Å². The number of carbonyl (C=O) groups is 1. The lowest BCUT2D eigenvalue weighted by atomic mass is 10.4. The summed E-state index contributed by atoms with van der Waals surface area (Å²) in [5.41, 5.74) is 0. The SMILES string of the molecule is CC(Sc1n[nH]c(-c2cccs2)n1)C(=O)O. The van der Waals surface area contributed by atoms with Gasteiger partial charge in [-0.2, -0.15) is 0 Å². The summed E-state index contributed by atoms with van der Waals surface area (Å²) in [6, 6.07) is 3.86. The van der Waals surface area contributed by atoms with Crippen LogP contribution in [-0.2, 0) is 4.79 Å². The van der Waals surface area contributed by atoms with Gasteiger partial charge in [-0.3, -0.25) is 9.89 Å². The summed E-state index contributed by atoms with van der Waals surface area (Å²) in [5.74, 6) is -0.192. The molecule has 0 saturated carbocycles. The quantitative estimate of drug-likeness (QED) is 0.818. The molecule has 0 saturated heterocycles. The summed E-state index contributed by atoms with van der Waals surface area (Å²) in [5, 5.41) is 17.4. The van der Waals surface area contributed by atoms with Crippen molar-refractivity contribution in [1.82, 2.24) is 15.2 Å². The molecule has 84 valence electrons. The van der Waals surface area contributed by atoms with Gasteiger partial charge in [0.05, 0.1) is 4.88 Å². The van der Waals surface area contributed by atoms with Crippen molar-refractivity contribution in [3.8, 4) is 10.7 Å². The van der Waals surface area contributed by atoms with Crippen LogP contribution in [0.4, 0.5) is 0 Å². The van der Waals surface area contributed by atoms with Gasteiger partial charge in [0.25, 0.3) is 0 Å². The largest absolute Gasteiger partial charge is 0.480 e. The Morgan fingerprint density at radius 1 is 1.69 bits per heavy atom. The topological polar surface area (TPSA) is 78.9 Å². The van der Waals surface area contributed by atoms with E-state index in [4.69, 9.17) is 5.11 Å². The number of nitrogens with zero attached hydrogens (tertiary/aromatic N) is 2. The van der Waals surface area contributed by atoms with Crippen molar-refractivity contribution < 1.29 is 9.90 Å². The first-order chi connectivity index (χ1) is 7.66. The Hall–Kier alpha value is -1.34. The van der Waals surface area contributed by atoms with Gasteiger partial charge in [-0.1, -0.05) is 17.8 Å². The van der Waals surface area contributed by atoms with Gasteiger partial charge in [0.15, 0.2) is 5.82 Å². The number of aromatic nitrogens is 3. The van der Waals surface area contributed by atoms with Crippen molar-refractivity contribution in [2.45, 2.75) is 17.3 Å². The van der Waals surface area contributed by atoms with Crippen LogP contribution >= 0.6 is 23.1 Å². The minimum atomic E-state index is -0.868. The molecule has 0 radical (unpaired) electrons. The molecule has 2 rings (SSSR count). The van der Waals surface area contributed by atoms with Gasteiger partial charge in [-0.05, 0) is 18.4 Å². The van der Waals surface area contributed by atoms with Crippen LogP contribution in [0.1, 0.15) is 6.92 Å². The highest BCUT2D eigenvalue weighted by Crippen LogP contribution is 2.25. The van der Waals surface area contributed by atoms with Crippen LogP contribution in [-0.4, -0.2) is 31.5 Å². The second-order valence-corrected chi connectivity index (χ2v) is 5.30. The van der Waals surface area contributed by atoms with E-state index in [0.29, 0.717) is 11.0 Å². The number of H-pyrrole nitrogens is 1. The van der Waals surface area contributed by atoms with E-state index in [0.717, 1.165) is 16.6 Å². The highest BCUT2D eigenvalue weighted by molar-refractivity contribution is 8.00. The van der Waals surface area contributed by atoms with E-state index < -0.39 is 11.2 Å². The maximum Gasteiger partial charge on any atom is 0.316 e. The van der Waals surface area contributed by atoms with Gasteiger partial charge in [0, 0.05) is 0 Å². The average Bonchev–Trinajstić information content (AvgIpc) is 2.85. The Bertz CT molecular complexity index is 481. The third-order valence-corrected chi connectivity index (χ3v) is 3.67. The molecule has 2 N–H and O–H groups in total. The molecule has 2 aromatic rings. The summed E-state index contributed by atoms with van der Waals surface area (Å²) in [6.07, 6.45) is 0. The van der Waals surface area contributed by atoms with E-state index in [9.17, 15) is 4.79 Å². The average molecular weight is 255 g/mol. The zero-order valence-electron chi connectivity index (χ0n) is 8.38. The van der Waals surface area contributed by atoms with Crippen LogP contribution in [0.2, 0.25) is 0 Å². The van der Waals surface area contributed by atoms with E-state index >= 15 is 0 Å². The Morgan fingerprint density at radius 2 is 2.50 bits per heavy atom. The first kappa shape index (κ1) is 11.2. The molecule has 16 heavy (non-hydrogen) atoms. The molecule has 0 aromatic carbocycles. The number of carboxylic acid groups (broad SMARTS) is 1. The van der Waals surface area contributed by atoms with Gasteiger partial charge < -0.3 is 5.11 Å². The van der Waals surface area contributed by atoms with Gasteiger partial charge in [-0.25, -0.2) is 4.98 Å². The number of nitrogens with one attached hydrogen (secondary N) is 1.